The Morgan fingerprint density at radius 3 is 3.07 bits per heavy atom. The summed E-state index contributed by atoms with van der Waals surface area (Å²) < 4.78 is 5.18. The Morgan fingerprint density at radius 1 is 1.50 bits per heavy atom. The lowest BCUT2D eigenvalue weighted by molar-refractivity contribution is 0.411. The number of hydrogen-bond donors (Lipinski definition) is 2. The van der Waals surface area contributed by atoms with E-state index in [1.807, 2.05) is 6.07 Å². The van der Waals surface area contributed by atoms with E-state index >= 15 is 0 Å². The van der Waals surface area contributed by atoms with Crippen molar-refractivity contribution in [2.24, 2.45) is 5.73 Å². The first kappa shape index (κ1) is 9.49. The van der Waals surface area contributed by atoms with Crippen LogP contribution in [0.5, 0.6) is 5.75 Å². The van der Waals surface area contributed by atoms with E-state index in [4.69, 9.17) is 10.5 Å². The fraction of sp³-hybridized carbons (Fsp3) is 0.455. The summed E-state index contributed by atoms with van der Waals surface area (Å²) in [6, 6.07) is 6.67. The molecule has 0 amide bonds. The monoisotopic (exact) mass is 192 g/mol. The number of hydrogen-bond acceptors (Lipinski definition) is 3. The van der Waals surface area contributed by atoms with Crippen molar-refractivity contribution in [1.82, 2.24) is 5.32 Å². The first-order valence-electron chi connectivity index (χ1n) is 4.92. The highest BCUT2D eigenvalue weighted by Gasteiger charge is 2.16. The highest BCUT2D eigenvalue weighted by molar-refractivity contribution is 5.37. The lowest BCUT2D eigenvalue weighted by atomic mass is 9.96. The molecule has 1 aliphatic rings. The van der Waals surface area contributed by atoms with Crippen molar-refractivity contribution in [1.29, 1.82) is 0 Å². The summed E-state index contributed by atoms with van der Waals surface area (Å²) in [5.74, 6) is 0.928. The van der Waals surface area contributed by atoms with Crippen molar-refractivity contribution < 1.29 is 4.74 Å². The summed E-state index contributed by atoms with van der Waals surface area (Å²) in [7, 11) is 1.70. The average molecular weight is 192 g/mol. The topological polar surface area (TPSA) is 47.3 Å². The third-order valence-corrected chi connectivity index (χ3v) is 2.75. The second-order valence-corrected chi connectivity index (χ2v) is 3.65. The maximum Gasteiger partial charge on any atom is 0.119 e. The van der Waals surface area contributed by atoms with Gasteiger partial charge in [-0.05, 0) is 29.7 Å². The Morgan fingerprint density at radius 2 is 2.36 bits per heavy atom. The highest BCUT2D eigenvalue weighted by Crippen LogP contribution is 2.21. The van der Waals surface area contributed by atoms with Gasteiger partial charge in [-0.25, -0.2) is 0 Å². The van der Waals surface area contributed by atoms with Crippen LogP contribution in [-0.4, -0.2) is 19.7 Å². The lowest BCUT2D eigenvalue weighted by Gasteiger charge is -2.25. The molecule has 14 heavy (non-hydrogen) atoms. The van der Waals surface area contributed by atoms with Gasteiger partial charge in [0.05, 0.1) is 7.11 Å². The molecule has 1 aromatic rings. The standard InChI is InChI=1S/C11H16N2O/c1-14-11-3-2-8-4-10(6-12)13-7-9(8)5-11/h2-3,5,10,13H,4,6-7,12H2,1H3. The van der Waals surface area contributed by atoms with Gasteiger partial charge in [0, 0.05) is 19.1 Å². The van der Waals surface area contributed by atoms with Crippen LogP contribution in [0, 0.1) is 0 Å². The van der Waals surface area contributed by atoms with Crippen LogP contribution >= 0.6 is 0 Å². The third-order valence-electron chi connectivity index (χ3n) is 2.75. The van der Waals surface area contributed by atoms with E-state index in [2.05, 4.69) is 17.4 Å². The van der Waals surface area contributed by atoms with Gasteiger partial charge < -0.3 is 15.8 Å². The van der Waals surface area contributed by atoms with Gasteiger partial charge in [-0.15, -0.1) is 0 Å². The van der Waals surface area contributed by atoms with Crippen LogP contribution in [0.25, 0.3) is 0 Å². The first-order valence-corrected chi connectivity index (χ1v) is 4.92. The zero-order valence-electron chi connectivity index (χ0n) is 8.42. The molecule has 0 bridgehead atoms. The molecule has 1 unspecified atom stereocenters. The molecule has 3 nitrogen and oxygen atoms in total. The number of methoxy groups -OCH3 is 1. The molecule has 0 aromatic heterocycles. The predicted octanol–water partition coefficient (Wildman–Crippen LogP) is 0.668. The Hall–Kier alpha value is -1.06. The van der Waals surface area contributed by atoms with Gasteiger partial charge in [-0.1, -0.05) is 6.07 Å². The fourth-order valence-electron chi connectivity index (χ4n) is 1.85. The molecule has 0 saturated carbocycles. The lowest BCUT2D eigenvalue weighted by Crippen LogP contribution is -2.40. The number of rotatable bonds is 2. The number of benzene rings is 1. The van der Waals surface area contributed by atoms with Crippen molar-refractivity contribution >= 4 is 0 Å². The van der Waals surface area contributed by atoms with Crippen molar-refractivity contribution in [3.63, 3.8) is 0 Å². The van der Waals surface area contributed by atoms with Gasteiger partial charge in [-0.3, -0.25) is 0 Å². The molecule has 1 atom stereocenters. The van der Waals surface area contributed by atoms with E-state index in [0.717, 1.165) is 18.7 Å². The third kappa shape index (κ3) is 1.74. The normalized spacial score (nSPS) is 20.3. The van der Waals surface area contributed by atoms with Gasteiger partial charge in [0.25, 0.3) is 0 Å². The van der Waals surface area contributed by atoms with E-state index in [0.29, 0.717) is 12.6 Å². The Labute approximate surface area is 84.3 Å². The minimum atomic E-state index is 0.427. The minimum Gasteiger partial charge on any atom is -0.497 e. The van der Waals surface area contributed by atoms with Crippen LogP contribution in [-0.2, 0) is 13.0 Å². The quantitative estimate of drug-likeness (QED) is 0.724. The smallest absolute Gasteiger partial charge is 0.119 e. The van der Waals surface area contributed by atoms with E-state index < -0.39 is 0 Å². The molecule has 0 fully saturated rings. The van der Waals surface area contributed by atoms with Crippen LogP contribution in [0.1, 0.15) is 11.1 Å². The molecule has 3 heteroatoms. The summed E-state index contributed by atoms with van der Waals surface area (Å²) in [5.41, 5.74) is 8.35. The summed E-state index contributed by atoms with van der Waals surface area (Å²) in [6.07, 6.45) is 1.02. The Bertz CT molecular complexity index is 325. The van der Waals surface area contributed by atoms with Crippen molar-refractivity contribution in [2.45, 2.75) is 19.0 Å². The van der Waals surface area contributed by atoms with Crippen molar-refractivity contribution in [2.75, 3.05) is 13.7 Å². The number of fused-ring (bicyclic) bond motifs is 1. The Balaban J connectivity index is 2.23. The largest absolute Gasteiger partial charge is 0.497 e. The zero-order valence-corrected chi connectivity index (χ0v) is 8.42. The summed E-state index contributed by atoms with van der Waals surface area (Å²) in [4.78, 5) is 0. The molecule has 1 aliphatic heterocycles. The summed E-state index contributed by atoms with van der Waals surface area (Å²) in [5, 5.41) is 3.40. The Kier molecular flexibility index (Phi) is 2.70. The number of nitrogens with one attached hydrogen (secondary N) is 1. The maximum absolute atomic E-state index is 5.63. The SMILES string of the molecule is COc1ccc2c(c1)CNC(CN)C2. The first-order chi connectivity index (χ1) is 6.83. The van der Waals surface area contributed by atoms with Crippen LogP contribution < -0.4 is 15.8 Å². The van der Waals surface area contributed by atoms with Gasteiger partial charge >= 0.3 is 0 Å². The highest BCUT2D eigenvalue weighted by atomic mass is 16.5. The van der Waals surface area contributed by atoms with Gasteiger partial charge in [-0.2, -0.15) is 0 Å². The number of nitrogens with two attached hydrogens (primary N) is 1. The molecule has 76 valence electrons. The molecule has 3 N–H and O–H groups in total. The number of ether oxygens (including phenoxy) is 1. The fourth-order valence-corrected chi connectivity index (χ4v) is 1.85. The molecular formula is C11H16N2O. The zero-order chi connectivity index (χ0) is 9.97. The van der Waals surface area contributed by atoms with Crippen LogP contribution in [0.2, 0.25) is 0 Å². The maximum atomic E-state index is 5.63. The second kappa shape index (κ2) is 3.98. The molecule has 0 radical (unpaired) electrons. The summed E-state index contributed by atoms with van der Waals surface area (Å²) in [6.45, 7) is 1.60. The molecular weight excluding hydrogens is 176 g/mol. The van der Waals surface area contributed by atoms with E-state index in [1.165, 1.54) is 11.1 Å². The van der Waals surface area contributed by atoms with Crippen LogP contribution in [0.15, 0.2) is 18.2 Å². The predicted molar refractivity (Wildman–Crippen MR) is 56.4 cm³/mol. The molecule has 0 spiro atoms. The van der Waals surface area contributed by atoms with Crippen molar-refractivity contribution in [3.8, 4) is 5.75 Å². The molecule has 0 saturated heterocycles. The van der Waals surface area contributed by atoms with E-state index in [9.17, 15) is 0 Å². The molecule has 0 aliphatic carbocycles. The van der Waals surface area contributed by atoms with Gasteiger partial charge in [0.2, 0.25) is 0 Å². The second-order valence-electron chi connectivity index (χ2n) is 3.65. The molecule has 1 aromatic carbocycles. The summed E-state index contributed by atoms with van der Waals surface area (Å²) >= 11 is 0. The van der Waals surface area contributed by atoms with E-state index in [1.54, 1.807) is 7.11 Å². The van der Waals surface area contributed by atoms with Crippen LogP contribution in [0.4, 0.5) is 0 Å². The molecule has 2 rings (SSSR count). The van der Waals surface area contributed by atoms with Crippen LogP contribution in [0.3, 0.4) is 0 Å². The molecule has 1 heterocycles. The van der Waals surface area contributed by atoms with Gasteiger partial charge in [0.1, 0.15) is 5.75 Å². The minimum absolute atomic E-state index is 0.427. The average Bonchev–Trinajstić information content (AvgIpc) is 2.27. The van der Waals surface area contributed by atoms with Gasteiger partial charge in [0.15, 0.2) is 0 Å². The van der Waals surface area contributed by atoms with E-state index in [-0.39, 0.29) is 0 Å². The van der Waals surface area contributed by atoms with Crippen molar-refractivity contribution in [3.05, 3.63) is 29.3 Å².